The fraction of sp³-hybridized carbons (Fsp3) is 1.00. The van der Waals surface area contributed by atoms with E-state index in [0.29, 0.717) is 12.8 Å². The normalized spacial score (nSPS) is 16.6. The van der Waals surface area contributed by atoms with Crippen LogP contribution in [0.25, 0.3) is 0 Å². The average molecular weight is 210 g/mol. The highest BCUT2D eigenvalue weighted by atomic mass is 31.1. The molecule has 0 spiro atoms. The summed E-state index contributed by atoms with van der Waals surface area (Å²) in [6, 6.07) is 0. The van der Waals surface area contributed by atoms with Crippen molar-refractivity contribution in [2.45, 2.75) is 64.2 Å². The van der Waals surface area contributed by atoms with Gasteiger partial charge in [0.2, 0.25) is 0 Å². The third-order valence-corrected chi connectivity index (χ3v) is 3.28. The smallest absolute Gasteiger partial charge is 0.119 e. The van der Waals surface area contributed by atoms with Gasteiger partial charge in [-0.05, 0) is 21.4 Å². The van der Waals surface area contributed by atoms with Crippen molar-refractivity contribution in [1.29, 1.82) is 0 Å². The van der Waals surface area contributed by atoms with Gasteiger partial charge >= 0.3 is 0 Å². The molecule has 0 rings (SSSR count). The molecule has 0 saturated carbocycles. The third kappa shape index (κ3) is 8.62. The zero-order valence-electron chi connectivity index (χ0n) is 8.65. The van der Waals surface area contributed by atoms with E-state index in [1.807, 2.05) is 13.8 Å². The first-order valence-electron chi connectivity index (χ1n) is 5.24. The minimum absolute atomic E-state index is 0.134. The predicted molar refractivity (Wildman–Crippen MR) is 57.2 cm³/mol. The van der Waals surface area contributed by atoms with E-state index in [0.717, 1.165) is 25.7 Å². The van der Waals surface area contributed by atoms with Crippen molar-refractivity contribution in [3.63, 3.8) is 0 Å². The van der Waals surface area contributed by atoms with Gasteiger partial charge in [0.25, 0.3) is 0 Å². The van der Waals surface area contributed by atoms with Crippen LogP contribution in [0.5, 0.6) is 0 Å². The molecule has 2 unspecified atom stereocenters. The Bertz CT molecular complexity index is 97.1. The molecule has 0 fully saturated rings. The van der Waals surface area contributed by atoms with Crippen LogP contribution in [-0.4, -0.2) is 11.8 Å². The minimum atomic E-state index is -0.896. The molecular formula is C10H21F2P. The van der Waals surface area contributed by atoms with Crippen molar-refractivity contribution >= 4 is 8.58 Å². The first kappa shape index (κ1) is 13.3. The van der Waals surface area contributed by atoms with Crippen LogP contribution in [0.3, 0.4) is 0 Å². The fourth-order valence-electron chi connectivity index (χ4n) is 1.13. The van der Waals surface area contributed by atoms with Crippen molar-refractivity contribution in [3.8, 4) is 0 Å². The lowest BCUT2D eigenvalue weighted by Gasteiger charge is -2.11. The van der Waals surface area contributed by atoms with Gasteiger partial charge in [0.15, 0.2) is 0 Å². The Morgan fingerprint density at radius 3 is 1.62 bits per heavy atom. The van der Waals surface area contributed by atoms with E-state index in [-0.39, 0.29) is 8.58 Å². The van der Waals surface area contributed by atoms with Crippen LogP contribution in [0.1, 0.15) is 52.4 Å². The minimum Gasteiger partial charge on any atom is -0.243 e. The van der Waals surface area contributed by atoms with Crippen LogP contribution in [-0.2, 0) is 0 Å². The SMILES string of the molecule is CCCCC(F)PC(F)CCCC. The maximum Gasteiger partial charge on any atom is 0.119 e. The van der Waals surface area contributed by atoms with Crippen LogP contribution in [0.15, 0.2) is 0 Å². The van der Waals surface area contributed by atoms with Gasteiger partial charge in [-0.1, -0.05) is 39.5 Å². The van der Waals surface area contributed by atoms with E-state index < -0.39 is 11.8 Å². The molecule has 0 bridgehead atoms. The quantitative estimate of drug-likeness (QED) is 0.512. The summed E-state index contributed by atoms with van der Waals surface area (Å²) in [5.41, 5.74) is 0. The molecule has 2 atom stereocenters. The van der Waals surface area contributed by atoms with E-state index in [4.69, 9.17) is 0 Å². The Morgan fingerprint density at radius 2 is 1.31 bits per heavy atom. The van der Waals surface area contributed by atoms with Gasteiger partial charge in [-0.15, -0.1) is 0 Å². The van der Waals surface area contributed by atoms with Crippen molar-refractivity contribution in [3.05, 3.63) is 0 Å². The Balaban J connectivity index is 3.35. The number of alkyl halides is 2. The maximum absolute atomic E-state index is 13.0. The van der Waals surface area contributed by atoms with Gasteiger partial charge < -0.3 is 0 Å². The first-order valence-corrected chi connectivity index (χ1v) is 6.40. The van der Waals surface area contributed by atoms with E-state index in [2.05, 4.69) is 0 Å². The van der Waals surface area contributed by atoms with Gasteiger partial charge in [-0.2, -0.15) is 0 Å². The Kier molecular flexibility index (Phi) is 9.07. The highest BCUT2D eigenvalue weighted by Gasteiger charge is 2.13. The molecule has 0 radical (unpaired) electrons. The Labute approximate surface area is 82.3 Å². The van der Waals surface area contributed by atoms with Crippen molar-refractivity contribution < 1.29 is 8.78 Å². The maximum atomic E-state index is 13.0. The summed E-state index contributed by atoms with van der Waals surface area (Å²) in [5, 5.41) is 0. The fourth-order valence-corrected chi connectivity index (χ4v) is 2.26. The van der Waals surface area contributed by atoms with Crippen molar-refractivity contribution in [1.82, 2.24) is 0 Å². The van der Waals surface area contributed by atoms with E-state index in [1.54, 1.807) is 0 Å². The molecule has 13 heavy (non-hydrogen) atoms. The van der Waals surface area contributed by atoms with Gasteiger partial charge in [0, 0.05) is 0 Å². The Hall–Kier alpha value is 0.290. The molecule has 0 amide bonds. The molecule has 0 aromatic heterocycles. The second-order valence-corrected chi connectivity index (χ2v) is 4.97. The monoisotopic (exact) mass is 210 g/mol. The van der Waals surface area contributed by atoms with Gasteiger partial charge in [-0.3, -0.25) is 0 Å². The molecule has 0 aliphatic rings. The summed E-state index contributed by atoms with van der Waals surface area (Å²) in [5.74, 6) is -1.79. The molecule has 0 saturated heterocycles. The lowest BCUT2D eigenvalue weighted by Crippen LogP contribution is -1.99. The average Bonchev–Trinajstić information content (AvgIpc) is 2.11. The largest absolute Gasteiger partial charge is 0.243 e. The molecule has 3 heteroatoms. The molecule has 0 N–H and O–H groups in total. The van der Waals surface area contributed by atoms with E-state index in [1.165, 1.54) is 0 Å². The summed E-state index contributed by atoms with van der Waals surface area (Å²) >= 11 is 0. The number of rotatable bonds is 8. The lowest BCUT2D eigenvalue weighted by molar-refractivity contribution is 0.378. The van der Waals surface area contributed by atoms with Gasteiger partial charge in [0.05, 0.1) is 0 Å². The Morgan fingerprint density at radius 1 is 0.923 bits per heavy atom. The van der Waals surface area contributed by atoms with Crippen molar-refractivity contribution in [2.75, 3.05) is 0 Å². The molecule has 0 aromatic rings. The molecule has 80 valence electrons. The van der Waals surface area contributed by atoms with Crippen LogP contribution in [0, 0.1) is 0 Å². The zero-order valence-corrected chi connectivity index (χ0v) is 9.65. The summed E-state index contributed by atoms with van der Waals surface area (Å²) in [6.45, 7) is 4.06. The standard InChI is InChI=1S/C10H21F2P/c1-3-5-7-9(11)13-10(12)8-6-4-2/h9-10,13H,3-8H2,1-2H3. The van der Waals surface area contributed by atoms with Gasteiger partial charge in [0.1, 0.15) is 11.8 Å². The van der Waals surface area contributed by atoms with Crippen LogP contribution in [0.2, 0.25) is 0 Å². The molecule has 0 aromatic carbocycles. The second kappa shape index (κ2) is 8.87. The molecule has 0 aliphatic heterocycles. The number of hydrogen-bond donors (Lipinski definition) is 0. The predicted octanol–water partition coefficient (Wildman–Crippen LogP) is 4.64. The van der Waals surface area contributed by atoms with Crippen molar-refractivity contribution in [2.24, 2.45) is 0 Å². The molecule has 0 heterocycles. The third-order valence-electron chi connectivity index (χ3n) is 1.98. The first-order chi connectivity index (χ1) is 6.20. The number of unbranched alkanes of at least 4 members (excludes halogenated alkanes) is 2. The van der Waals surface area contributed by atoms with Crippen LogP contribution in [0.4, 0.5) is 8.78 Å². The highest BCUT2D eigenvalue weighted by Crippen LogP contribution is 2.33. The summed E-state index contributed by atoms with van der Waals surface area (Å²) in [7, 11) is -0.134. The van der Waals surface area contributed by atoms with E-state index in [9.17, 15) is 8.78 Å². The number of hydrogen-bond acceptors (Lipinski definition) is 0. The van der Waals surface area contributed by atoms with Crippen LogP contribution < -0.4 is 0 Å². The second-order valence-electron chi connectivity index (χ2n) is 3.39. The molecular weight excluding hydrogens is 189 g/mol. The topological polar surface area (TPSA) is 0 Å². The number of halogens is 2. The summed E-state index contributed by atoms with van der Waals surface area (Å²) < 4.78 is 26.1. The zero-order chi connectivity index (χ0) is 10.1. The summed E-state index contributed by atoms with van der Waals surface area (Å²) in [6.07, 6.45) is 4.85. The molecule has 0 aliphatic carbocycles. The molecule has 0 nitrogen and oxygen atoms in total. The lowest BCUT2D eigenvalue weighted by atomic mass is 10.3. The highest BCUT2D eigenvalue weighted by molar-refractivity contribution is 7.39. The van der Waals surface area contributed by atoms with E-state index >= 15 is 0 Å². The van der Waals surface area contributed by atoms with Crippen LogP contribution >= 0.6 is 8.58 Å². The summed E-state index contributed by atoms with van der Waals surface area (Å²) in [4.78, 5) is 0. The van der Waals surface area contributed by atoms with Gasteiger partial charge in [-0.25, -0.2) is 8.78 Å².